The SMILES string of the molecule is Cc1cc2onc(C)c2cc1Cl. The average Bonchev–Trinajstić information content (AvgIpc) is 2.35. The molecule has 0 unspecified atom stereocenters. The van der Waals surface area contributed by atoms with E-state index in [9.17, 15) is 0 Å². The van der Waals surface area contributed by atoms with Crippen LogP contribution < -0.4 is 0 Å². The third kappa shape index (κ3) is 0.994. The maximum Gasteiger partial charge on any atom is 0.167 e. The molecule has 0 aliphatic carbocycles. The number of rotatable bonds is 0. The summed E-state index contributed by atoms with van der Waals surface area (Å²) in [6, 6.07) is 3.79. The van der Waals surface area contributed by atoms with Gasteiger partial charge in [0.25, 0.3) is 0 Å². The van der Waals surface area contributed by atoms with E-state index in [1.54, 1.807) is 0 Å². The molecule has 1 aromatic carbocycles. The molecule has 3 heteroatoms. The van der Waals surface area contributed by atoms with Crippen LogP contribution in [-0.2, 0) is 0 Å². The summed E-state index contributed by atoms with van der Waals surface area (Å²) in [6.07, 6.45) is 0. The minimum Gasteiger partial charge on any atom is -0.356 e. The highest BCUT2D eigenvalue weighted by Crippen LogP contribution is 2.25. The summed E-state index contributed by atoms with van der Waals surface area (Å²) in [6.45, 7) is 3.84. The molecule has 0 atom stereocenters. The van der Waals surface area contributed by atoms with Crippen LogP contribution >= 0.6 is 11.6 Å². The van der Waals surface area contributed by atoms with Crippen LogP contribution in [0.5, 0.6) is 0 Å². The molecule has 0 N–H and O–H groups in total. The first-order valence-corrected chi connectivity index (χ1v) is 4.08. The van der Waals surface area contributed by atoms with Gasteiger partial charge in [-0.2, -0.15) is 0 Å². The average molecular weight is 182 g/mol. The fourth-order valence-electron chi connectivity index (χ4n) is 1.18. The van der Waals surface area contributed by atoms with Crippen molar-refractivity contribution in [3.8, 4) is 0 Å². The molecule has 2 rings (SSSR count). The molecule has 1 aromatic heterocycles. The van der Waals surface area contributed by atoms with Crippen LogP contribution in [0.3, 0.4) is 0 Å². The van der Waals surface area contributed by atoms with Gasteiger partial charge >= 0.3 is 0 Å². The third-order valence-corrected chi connectivity index (χ3v) is 2.34. The normalized spacial score (nSPS) is 10.9. The summed E-state index contributed by atoms with van der Waals surface area (Å²) in [7, 11) is 0. The number of nitrogens with zero attached hydrogens (tertiary/aromatic N) is 1. The number of hydrogen-bond donors (Lipinski definition) is 0. The van der Waals surface area contributed by atoms with Gasteiger partial charge in [0.1, 0.15) is 0 Å². The van der Waals surface area contributed by atoms with Crippen molar-refractivity contribution in [3.05, 3.63) is 28.4 Å². The summed E-state index contributed by atoms with van der Waals surface area (Å²) >= 11 is 5.95. The Balaban J connectivity index is 2.87. The van der Waals surface area contributed by atoms with Crippen molar-refractivity contribution in [3.63, 3.8) is 0 Å². The Labute approximate surface area is 75.1 Å². The van der Waals surface area contributed by atoms with Crippen LogP contribution in [0, 0.1) is 13.8 Å². The van der Waals surface area contributed by atoms with Gasteiger partial charge < -0.3 is 4.52 Å². The van der Waals surface area contributed by atoms with Crippen molar-refractivity contribution in [2.45, 2.75) is 13.8 Å². The van der Waals surface area contributed by atoms with Crippen LogP contribution in [0.1, 0.15) is 11.3 Å². The molecule has 0 saturated carbocycles. The van der Waals surface area contributed by atoms with E-state index < -0.39 is 0 Å². The van der Waals surface area contributed by atoms with E-state index in [1.807, 2.05) is 26.0 Å². The van der Waals surface area contributed by atoms with Crippen molar-refractivity contribution < 1.29 is 4.52 Å². The van der Waals surface area contributed by atoms with Crippen molar-refractivity contribution in [1.82, 2.24) is 5.16 Å². The molecule has 62 valence electrons. The molecular formula is C9H8ClNO. The number of halogens is 1. The smallest absolute Gasteiger partial charge is 0.167 e. The van der Waals surface area contributed by atoms with E-state index in [-0.39, 0.29) is 0 Å². The standard InChI is InChI=1S/C9H8ClNO/c1-5-3-9-7(4-8(5)10)6(2)11-12-9/h3-4H,1-2H3. The lowest BCUT2D eigenvalue weighted by molar-refractivity contribution is 0.450. The Morgan fingerprint density at radius 3 is 2.83 bits per heavy atom. The Hall–Kier alpha value is -1.02. The Bertz CT molecular complexity index is 433. The molecule has 1 heterocycles. The Morgan fingerprint density at radius 1 is 1.33 bits per heavy atom. The first-order chi connectivity index (χ1) is 5.68. The molecule has 2 aromatic rings. The predicted octanol–water partition coefficient (Wildman–Crippen LogP) is 3.10. The fraction of sp³-hybridized carbons (Fsp3) is 0.222. The molecule has 0 amide bonds. The lowest BCUT2D eigenvalue weighted by atomic mass is 10.1. The van der Waals surface area contributed by atoms with Crippen molar-refractivity contribution >= 4 is 22.6 Å². The van der Waals surface area contributed by atoms with Crippen molar-refractivity contribution in [2.75, 3.05) is 0 Å². The highest BCUT2D eigenvalue weighted by molar-refractivity contribution is 6.32. The summed E-state index contributed by atoms with van der Waals surface area (Å²) in [5, 5.41) is 5.59. The summed E-state index contributed by atoms with van der Waals surface area (Å²) in [5.74, 6) is 0. The van der Waals surface area contributed by atoms with E-state index in [4.69, 9.17) is 16.1 Å². The number of aromatic nitrogens is 1. The van der Waals surface area contributed by atoms with E-state index in [1.165, 1.54) is 0 Å². The van der Waals surface area contributed by atoms with Gasteiger partial charge in [-0.25, -0.2) is 0 Å². The monoisotopic (exact) mass is 181 g/mol. The van der Waals surface area contributed by atoms with Crippen LogP contribution in [0.4, 0.5) is 0 Å². The van der Waals surface area contributed by atoms with Crippen LogP contribution in [0.25, 0.3) is 11.0 Å². The second-order valence-electron chi connectivity index (χ2n) is 2.87. The van der Waals surface area contributed by atoms with Gasteiger partial charge in [0.15, 0.2) is 5.58 Å². The Kier molecular flexibility index (Phi) is 1.58. The highest BCUT2D eigenvalue weighted by atomic mass is 35.5. The first-order valence-electron chi connectivity index (χ1n) is 3.70. The lowest BCUT2D eigenvalue weighted by Gasteiger charge is -1.95. The van der Waals surface area contributed by atoms with E-state index >= 15 is 0 Å². The maximum atomic E-state index is 5.95. The first kappa shape index (κ1) is 7.62. The van der Waals surface area contributed by atoms with Gasteiger partial charge in [0, 0.05) is 10.4 Å². The van der Waals surface area contributed by atoms with Gasteiger partial charge in [-0.1, -0.05) is 16.8 Å². The fourth-order valence-corrected chi connectivity index (χ4v) is 1.34. The molecule has 0 fully saturated rings. The minimum atomic E-state index is 0.758. The summed E-state index contributed by atoms with van der Waals surface area (Å²) in [5.41, 5.74) is 2.70. The molecular weight excluding hydrogens is 174 g/mol. The van der Waals surface area contributed by atoms with Gasteiger partial charge in [0.2, 0.25) is 0 Å². The molecule has 0 bridgehead atoms. The minimum absolute atomic E-state index is 0.758. The molecule has 0 spiro atoms. The zero-order valence-electron chi connectivity index (χ0n) is 6.89. The van der Waals surface area contributed by atoms with E-state index in [0.717, 1.165) is 27.2 Å². The van der Waals surface area contributed by atoms with E-state index in [0.29, 0.717) is 0 Å². The van der Waals surface area contributed by atoms with Crippen LogP contribution in [0.2, 0.25) is 5.02 Å². The topological polar surface area (TPSA) is 26.0 Å². The van der Waals surface area contributed by atoms with Gasteiger partial charge in [0.05, 0.1) is 5.69 Å². The maximum absolute atomic E-state index is 5.95. The zero-order valence-corrected chi connectivity index (χ0v) is 7.64. The number of fused-ring (bicyclic) bond motifs is 1. The third-order valence-electron chi connectivity index (χ3n) is 1.93. The van der Waals surface area contributed by atoms with Crippen LogP contribution in [0.15, 0.2) is 16.7 Å². The quantitative estimate of drug-likeness (QED) is 0.624. The number of benzene rings is 1. The number of hydrogen-bond acceptors (Lipinski definition) is 2. The highest BCUT2D eigenvalue weighted by Gasteiger charge is 2.05. The second kappa shape index (κ2) is 2.49. The van der Waals surface area contributed by atoms with Gasteiger partial charge in [-0.05, 0) is 31.5 Å². The van der Waals surface area contributed by atoms with Crippen molar-refractivity contribution in [2.24, 2.45) is 0 Å². The summed E-state index contributed by atoms with van der Waals surface area (Å²) in [4.78, 5) is 0. The van der Waals surface area contributed by atoms with E-state index in [2.05, 4.69) is 5.16 Å². The molecule has 0 radical (unpaired) electrons. The van der Waals surface area contributed by atoms with Crippen molar-refractivity contribution in [1.29, 1.82) is 0 Å². The molecule has 0 aliphatic heterocycles. The molecule has 12 heavy (non-hydrogen) atoms. The lowest BCUT2D eigenvalue weighted by Crippen LogP contribution is -1.75. The molecule has 0 saturated heterocycles. The second-order valence-corrected chi connectivity index (χ2v) is 3.27. The zero-order chi connectivity index (χ0) is 8.72. The van der Waals surface area contributed by atoms with Crippen LogP contribution in [-0.4, -0.2) is 5.16 Å². The predicted molar refractivity (Wildman–Crippen MR) is 48.5 cm³/mol. The molecule has 0 aliphatic rings. The largest absolute Gasteiger partial charge is 0.356 e. The summed E-state index contributed by atoms with van der Waals surface area (Å²) < 4.78 is 5.08. The Morgan fingerprint density at radius 2 is 2.08 bits per heavy atom. The van der Waals surface area contributed by atoms with Gasteiger partial charge in [-0.15, -0.1) is 0 Å². The molecule has 2 nitrogen and oxygen atoms in total. The number of aryl methyl sites for hydroxylation is 2. The van der Waals surface area contributed by atoms with Gasteiger partial charge in [-0.3, -0.25) is 0 Å².